The van der Waals surface area contributed by atoms with Crippen molar-refractivity contribution >= 4 is 17.5 Å². The third-order valence-corrected chi connectivity index (χ3v) is 4.37. The fraction of sp³-hybridized carbons (Fsp3) is 0.500. The van der Waals surface area contributed by atoms with Crippen LogP contribution in [0.3, 0.4) is 0 Å². The van der Waals surface area contributed by atoms with Crippen LogP contribution in [0.2, 0.25) is 0 Å². The summed E-state index contributed by atoms with van der Waals surface area (Å²) in [5.41, 5.74) is 0.184. The molecule has 0 spiro atoms. The minimum atomic E-state index is -0.709. The average Bonchev–Trinajstić information content (AvgIpc) is 3.06. The van der Waals surface area contributed by atoms with Gasteiger partial charge in [0.05, 0.1) is 4.92 Å². The summed E-state index contributed by atoms with van der Waals surface area (Å²) in [5, 5.41) is 18.0. The predicted molar refractivity (Wildman–Crippen MR) is 104 cm³/mol. The highest BCUT2D eigenvalue weighted by Crippen LogP contribution is 2.33. The van der Waals surface area contributed by atoms with Gasteiger partial charge in [0.2, 0.25) is 0 Å². The van der Waals surface area contributed by atoms with Crippen molar-refractivity contribution in [1.29, 1.82) is 0 Å². The van der Waals surface area contributed by atoms with Gasteiger partial charge in [-0.1, -0.05) is 5.16 Å². The standard InChI is InChI=1S/C18H23N5O6/c1-18(2,3)28-16(24)19-12-5-4-8-22(10-12)14-9-11(6-7-13(14)23(26)27)15-20-17(25)29-21-15/h6-7,9,12H,4-5,8,10H2,1-3H3,(H,19,24)(H,20,21,25). The number of ether oxygens (including phenoxy) is 1. The fourth-order valence-electron chi connectivity index (χ4n) is 3.22. The van der Waals surface area contributed by atoms with Crippen molar-refractivity contribution < 1.29 is 19.0 Å². The molecule has 1 atom stereocenters. The van der Waals surface area contributed by atoms with E-state index in [0.29, 0.717) is 24.3 Å². The second kappa shape index (κ2) is 7.94. The molecular formula is C18H23N5O6. The van der Waals surface area contributed by atoms with E-state index in [1.807, 2.05) is 4.90 Å². The van der Waals surface area contributed by atoms with E-state index in [2.05, 4.69) is 20.0 Å². The van der Waals surface area contributed by atoms with Gasteiger partial charge in [0, 0.05) is 30.8 Å². The van der Waals surface area contributed by atoms with Crippen molar-refractivity contribution in [2.75, 3.05) is 18.0 Å². The van der Waals surface area contributed by atoms with Gasteiger partial charge in [0.1, 0.15) is 11.3 Å². The number of hydrogen-bond acceptors (Lipinski definition) is 8. The molecule has 1 aromatic carbocycles. The summed E-state index contributed by atoms with van der Waals surface area (Å²) in [7, 11) is 0. The van der Waals surface area contributed by atoms with Gasteiger partial charge in [-0.05, 0) is 45.7 Å². The molecule has 0 saturated carbocycles. The Hall–Kier alpha value is -3.37. The molecule has 1 aromatic heterocycles. The maximum absolute atomic E-state index is 12.1. The number of piperidine rings is 1. The molecule has 1 amide bonds. The third kappa shape index (κ3) is 5.12. The molecule has 0 radical (unpaired) electrons. The van der Waals surface area contributed by atoms with Crippen molar-refractivity contribution in [2.45, 2.75) is 45.3 Å². The number of rotatable bonds is 4. The van der Waals surface area contributed by atoms with Gasteiger partial charge in [-0.15, -0.1) is 0 Å². The van der Waals surface area contributed by atoms with E-state index in [0.717, 1.165) is 12.8 Å². The molecule has 2 N–H and O–H groups in total. The predicted octanol–water partition coefficient (Wildman–Crippen LogP) is 2.43. The molecule has 3 rings (SSSR count). The van der Waals surface area contributed by atoms with Crippen LogP contribution in [0.4, 0.5) is 16.2 Å². The van der Waals surface area contributed by atoms with E-state index < -0.39 is 22.4 Å². The number of nitrogens with one attached hydrogen (secondary N) is 2. The number of benzene rings is 1. The zero-order chi connectivity index (χ0) is 21.2. The number of hydrogen-bond donors (Lipinski definition) is 2. The molecule has 1 aliphatic rings. The minimum Gasteiger partial charge on any atom is -0.444 e. The van der Waals surface area contributed by atoms with E-state index in [4.69, 9.17) is 4.74 Å². The Labute approximate surface area is 166 Å². The maximum Gasteiger partial charge on any atom is 0.439 e. The van der Waals surface area contributed by atoms with E-state index >= 15 is 0 Å². The average molecular weight is 405 g/mol. The summed E-state index contributed by atoms with van der Waals surface area (Å²) >= 11 is 0. The highest BCUT2D eigenvalue weighted by molar-refractivity contribution is 5.72. The number of amides is 1. The van der Waals surface area contributed by atoms with Crippen LogP contribution < -0.4 is 16.0 Å². The first-order valence-electron chi connectivity index (χ1n) is 9.21. The van der Waals surface area contributed by atoms with Crippen LogP contribution in [0.25, 0.3) is 11.4 Å². The van der Waals surface area contributed by atoms with Gasteiger partial charge in [0.15, 0.2) is 5.82 Å². The van der Waals surface area contributed by atoms with Gasteiger partial charge in [-0.25, -0.2) is 9.59 Å². The van der Waals surface area contributed by atoms with Crippen LogP contribution in [0.15, 0.2) is 27.5 Å². The normalized spacial score (nSPS) is 17.1. The van der Waals surface area contributed by atoms with Crippen molar-refractivity contribution in [3.05, 3.63) is 38.9 Å². The molecule has 156 valence electrons. The number of H-pyrrole nitrogens is 1. The number of aromatic amines is 1. The lowest BCUT2D eigenvalue weighted by Crippen LogP contribution is -2.49. The first-order valence-corrected chi connectivity index (χ1v) is 9.21. The number of nitro groups is 1. The Bertz CT molecular complexity index is 960. The molecule has 29 heavy (non-hydrogen) atoms. The first-order chi connectivity index (χ1) is 13.6. The van der Waals surface area contributed by atoms with E-state index in [-0.39, 0.29) is 17.6 Å². The largest absolute Gasteiger partial charge is 0.444 e. The van der Waals surface area contributed by atoms with Crippen molar-refractivity contribution in [3.63, 3.8) is 0 Å². The summed E-state index contributed by atoms with van der Waals surface area (Å²) < 4.78 is 9.81. The highest BCUT2D eigenvalue weighted by atomic mass is 16.6. The Morgan fingerprint density at radius 3 is 2.83 bits per heavy atom. The number of alkyl carbamates (subject to hydrolysis) is 1. The van der Waals surface area contributed by atoms with Gasteiger partial charge in [-0.3, -0.25) is 19.6 Å². The first kappa shape index (κ1) is 20.4. The van der Waals surface area contributed by atoms with Crippen LogP contribution in [0.5, 0.6) is 0 Å². The summed E-state index contributed by atoms with van der Waals surface area (Å²) in [6.45, 7) is 6.32. The lowest BCUT2D eigenvalue weighted by molar-refractivity contribution is -0.384. The third-order valence-electron chi connectivity index (χ3n) is 4.37. The quantitative estimate of drug-likeness (QED) is 0.583. The van der Waals surface area contributed by atoms with E-state index in [1.54, 1.807) is 26.8 Å². The number of carbonyl (C=O) groups excluding carboxylic acids is 1. The summed E-state index contributed by atoms with van der Waals surface area (Å²) in [5.74, 6) is -0.522. The fourth-order valence-corrected chi connectivity index (χ4v) is 3.22. The number of aromatic nitrogens is 2. The maximum atomic E-state index is 12.1. The molecule has 1 fully saturated rings. The Morgan fingerprint density at radius 2 is 2.21 bits per heavy atom. The molecule has 1 unspecified atom stereocenters. The Balaban J connectivity index is 1.83. The van der Waals surface area contributed by atoms with Crippen molar-refractivity contribution in [1.82, 2.24) is 15.5 Å². The zero-order valence-electron chi connectivity index (χ0n) is 16.4. The Morgan fingerprint density at radius 1 is 1.45 bits per heavy atom. The monoisotopic (exact) mass is 405 g/mol. The highest BCUT2D eigenvalue weighted by Gasteiger charge is 2.28. The van der Waals surface area contributed by atoms with E-state index in [9.17, 15) is 19.7 Å². The summed E-state index contributed by atoms with van der Waals surface area (Å²) in [4.78, 5) is 38.6. The molecule has 2 heterocycles. The molecule has 0 bridgehead atoms. The van der Waals surface area contributed by atoms with Crippen LogP contribution in [-0.2, 0) is 4.74 Å². The molecule has 1 aliphatic heterocycles. The molecule has 2 aromatic rings. The minimum absolute atomic E-state index is 0.0718. The second-order valence-corrected chi connectivity index (χ2v) is 7.84. The second-order valence-electron chi connectivity index (χ2n) is 7.84. The van der Waals surface area contributed by atoms with Gasteiger partial charge in [0.25, 0.3) is 5.69 Å². The number of nitro benzene ring substituents is 1. The zero-order valence-corrected chi connectivity index (χ0v) is 16.4. The number of anilines is 1. The molecule has 1 saturated heterocycles. The van der Waals surface area contributed by atoms with Gasteiger partial charge >= 0.3 is 11.8 Å². The lowest BCUT2D eigenvalue weighted by Gasteiger charge is -2.34. The Kier molecular flexibility index (Phi) is 5.57. The van der Waals surface area contributed by atoms with Gasteiger partial charge < -0.3 is 15.0 Å². The molecule has 11 nitrogen and oxygen atoms in total. The van der Waals surface area contributed by atoms with Crippen molar-refractivity contribution in [3.8, 4) is 11.4 Å². The summed E-state index contributed by atoms with van der Waals surface area (Å²) in [6, 6.07) is 4.23. The van der Waals surface area contributed by atoms with Crippen LogP contribution in [0.1, 0.15) is 33.6 Å². The molecule has 0 aliphatic carbocycles. The van der Waals surface area contributed by atoms with Crippen LogP contribution in [-0.4, -0.2) is 45.9 Å². The number of carbonyl (C=O) groups is 1. The molecular weight excluding hydrogens is 382 g/mol. The number of nitrogens with zero attached hydrogens (tertiary/aromatic N) is 3. The smallest absolute Gasteiger partial charge is 0.439 e. The summed E-state index contributed by atoms with van der Waals surface area (Å²) in [6.07, 6.45) is 0.954. The van der Waals surface area contributed by atoms with Crippen LogP contribution in [0, 0.1) is 10.1 Å². The van der Waals surface area contributed by atoms with Gasteiger partial charge in [-0.2, -0.15) is 0 Å². The van der Waals surface area contributed by atoms with Crippen LogP contribution >= 0.6 is 0 Å². The SMILES string of the molecule is CC(C)(C)OC(=O)NC1CCCN(c2cc(-c3noc(=O)[nH]3)ccc2[N+](=O)[O-])C1. The lowest BCUT2D eigenvalue weighted by atomic mass is 10.0. The van der Waals surface area contributed by atoms with E-state index in [1.165, 1.54) is 12.1 Å². The topological polar surface area (TPSA) is 144 Å². The van der Waals surface area contributed by atoms with Crippen molar-refractivity contribution in [2.24, 2.45) is 0 Å². The molecule has 11 heteroatoms.